The van der Waals surface area contributed by atoms with Gasteiger partial charge < -0.3 is 15.8 Å². The van der Waals surface area contributed by atoms with E-state index in [1.54, 1.807) is 30.3 Å². The molecule has 0 radical (unpaired) electrons. The zero-order valence-corrected chi connectivity index (χ0v) is 15.6. The van der Waals surface area contributed by atoms with E-state index in [1.807, 2.05) is 11.0 Å². The van der Waals surface area contributed by atoms with Crippen molar-refractivity contribution in [3.05, 3.63) is 65.5 Å². The lowest BCUT2D eigenvalue weighted by Crippen LogP contribution is -2.38. The molecule has 1 aliphatic rings. The molecule has 0 spiro atoms. The zero-order valence-electron chi connectivity index (χ0n) is 15.6. The number of nitrogens with two attached hydrogens (primary N) is 1. The molecule has 0 aliphatic carbocycles. The Morgan fingerprint density at radius 3 is 2.75 bits per heavy atom. The smallest absolute Gasteiger partial charge is 0.250 e. The van der Waals surface area contributed by atoms with Crippen LogP contribution >= 0.6 is 0 Å². The van der Waals surface area contributed by atoms with Gasteiger partial charge in [-0.05, 0) is 42.7 Å². The standard InChI is InChI=1S/C21H24FN3O3/c22-16-6-3-5-15(11-16)12-25(13-17-7-4-10-28-17)14-20(26)24-19-9-2-1-8-18(19)21(23)27/h1-3,5-6,8-9,11,17H,4,7,10,12-14H2,(H2,23,27)(H,24,26). The van der Waals surface area contributed by atoms with Crippen LogP contribution < -0.4 is 11.1 Å². The molecule has 0 bridgehead atoms. The molecule has 28 heavy (non-hydrogen) atoms. The Morgan fingerprint density at radius 2 is 2.04 bits per heavy atom. The highest BCUT2D eigenvalue weighted by Gasteiger charge is 2.22. The van der Waals surface area contributed by atoms with Gasteiger partial charge in [-0.3, -0.25) is 14.5 Å². The number of hydrogen-bond donors (Lipinski definition) is 2. The number of amides is 2. The molecule has 2 amide bonds. The minimum atomic E-state index is -0.605. The van der Waals surface area contributed by atoms with Gasteiger partial charge in [-0.15, -0.1) is 0 Å². The van der Waals surface area contributed by atoms with E-state index < -0.39 is 5.91 Å². The molecule has 2 aromatic carbocycles. The number of rotatable bonds is 8. The summed E-state index contributed by atoms with van der Waals surface area (Å²) in [6, 6.07) is 12.9. The van der Waals surface area contributed by atoms with Crippen LogP contribution in [0.3, 0.4) is 0 Å². The third-order valence-corrected chi connectivity index (χ3v) is 4.61. The normalized spacial score (nSPS) is 16.3. The topological polar surface area (TPSA) is 84.7 Å². The molecule has 1 heterocycles. The number of primary amides is 1. The zero-order chi connectivity index (χ0) is 19.9. The van der Waals surface area contributed by atoms with Crippen molar-refractivity contribution < 1.29 is 18.7 Å². The predicted octanol–water partition coefficient (Wildman–Crippen LogP) is 2.54. The van der Waals surface area contributed by atoms with Gasteiger partial charge in [0.15, 0.2) is 0 Å². The molecule has 1 atom stereocenters. The largest absolute Gasteiger partial charge is 0.377 e. The van der Waals surface area contributed by atoms with Gasteiger partial charge in [-0.2, -0.15) is 0 Å². The first-order chi connectivity index (χ1) is 13.5. The number of carbonyl (C=O) groups excluding carboxylic acids is 2. The van der Waals surface area contributed by atoms with Crippen molar-refractivity contribution in [1.82, 2.24) is 4.90 Å². The summed E-state index contributed by atoms with van der Waals surface area (Å²) in [5.74, 6) is -1.19. The van der Waals surface area contributed by atoms with E-state index in [1.165, 1.54) is 12.1 Å². The highest BCUT2D eigenvalue weighted by molar-refractivity contribution is 6.03. The molecule has 1 aliphatic heterocycles. The van der Waals surface area contributed by atoms with Crippen molar-refractivity contribution in [1.29, 1.82) is 0 Å². The van der Waals surface area contributed by atoms with Crippen molar-refractivity contribution in [3.8, 4) is 0 Å². The fourth-order valence-corrected chi connectivity index (χ4v) is 3.35. The van der Waals surface area contributed by atoms with Gasteiger partial charge >= 0.3 is 0 Å². The monoisotopic (exact) mass is 385 g/mol. The summed E-state index contributed by atoms with van der Waals surface area (Å²) in [7, 11) is 0. The minimum Gasteiger partial charge on any atom is -0.377 e. The van der Waals surface area contributed by atoms with Gasteiger partial charge in [0.1, 0.15) is 5.82 Å². The first-order valence-electron chi connectivity index (χ1n) is 9.28. The fourth-order valence-electron chi connectivity index (χ4n) is 3.35. The van der Waals surface area contributed by atoms with Crippen molar-refractivity contribution in [2.24, 2.45) is 5.73 Å². The molecule has 1 fully saturated rings. The van der Waals surface area contributed by atoms with E-state index in [4.69, 9.17) is 10.5 Å². The van der Waals surface area contributed by atoms with Crippen LogP contribution in [0.25, 0.3) is 0 Å². The van der Waals surface area contributed by atoms with Crippen molar-refractivity contribution in [2.75, 3.05) is 25.0 Å². The molecule has 6 nitrogen and oxygen atoms in total. The van der Waals surface area contributed by atoms with Gasteiger partial charge in [0, 0.05) is 19.7 Å². The Kier molecular flexibility index (Phi) is 6.73. The van der Waals surface area contributed by atoms with Gasteiger partial charge in [-0.1, -0.05) is 24.3 Å². The molecule has 3 N–H and O–H groups in total. The number of anilines is 1. The average Bonchev–Trinajstić information content (AvgIpc) is 3.15. The van der Waals surface area contributed by atoms with E-state index >= 15 is 0 Å². The molecular formula is C21H24FN3O3. The summed E-state index contributed by atoms with van der Waals surface area (Å²) in [5, 5.41) is 2.75. The Labute approximate surface area is 163 Å². The van der Waals surface area contributed by atoms with Crippen LogP contribution in [0.15, 0.2) is 48.5 Å². The lowest BCUT2D eigenvalue weighted by atomic mass is 10.1. The Morgan fingerprint density at radius 1 is 1.21 bits per heavy atom. The van der Waals surface area contributed by atoms with E-state index in [9.17, 15) is 14.0 Å². The molecule has 148 valence electrons. The number of halogens is 1. The maximum absolute atomic E-state index is 13.5. The second-order valence-electron chi connectivity index (χ2n) is 6.89. The fraction of sp³-hybridized carbons (Fsp3) is 0.333. The Balaban J connectivity index is 1.69. The summed E-state index contributed by atoms with van der Waals surface area (Å²) in [6.45, 7) is 1.80. The van der Waals surface area contributed by atoms with Crippen LogP contribution in [0.1, 0.15) is 28.8 Å². The van der Waals surface area contributed by atoms with E-state index in [0.717, 1.165) is 25.0 Å². The molecule has 0 aromatic heterocycles. The number of para-hydroxylation sites is 1. The van der Waals surface area contributed by atoms with E-state index in [-0.39, 0.29) is 29.9 Å². The molecule has 3 rings (SSSR count). The Hall–Kier alpha value is -2.77. The second kappa shape index (κ2) is 9.43. The SMILES string of the molecule is NC(=O)c1ccccc1NC(=O)CN(Cc1cccc(F)c1)CC1CCCO1. The molecule has 1 saturated heterocycles. The van der Waals surface area contributed by atoms with Gasteiger partial charge in [0.05, 0.1) is 23.9 Å². The van der Waals surface area contributed by atoms with Gasteiger partial charge in [0.25, 0.3) is 5.91 Å². The number of nitrogens with zero attached hydrogens (tertiary/aromatic N) is 1. The summed E-state index contributed by atoms with van der Waals surface area (Å²) < 4.78 is 19.2. The van der Waals surface area contributed by atoms with Gasteiger partial charge in [-0.25, -0.2) is 4.39 Å². The highest BCUT2D eigenvalue weighted by atomic mass is 19.1. The lowest BCUT2D eigenvalue weighted by Gasteiger charge is -2.25. The van der Waals surface area contributed by atoms with Crippen molar-refractivity contribution >= 4 is 17.5 Å². The minimum absolute atomic E-state index is 0.0549. The van der Waals surface area contributed by atoms with Crippen LogP contribution in [-0.4, -0.2) is 42.5 Å². The lowest BCUT2D eigenvalue weighted by molar-refractivity contribution is -0.117. The third-order valence-electron chi connectivity index (χ3n) is 4.61. The molecular weight excluding hydrogens is 361 g/mol. The van der Waals surface area contributed by atoms with Crippen LogP contribution in [-0.2, 0) is 16.1 Å². The van der Waals surface area contributed by atoms with E-state index in [2.05, 4.69) is 5.32 Å². The van der Waals surface area contributed by atoms with Crippen molar-refractivity contribution in [2.45, 2.75) is 25.5 Å². The third kappa shape index (κ3) is 5.61. The van der Waals surface area contributed by atoms with Crippen LogP contribution in [0.2, 0.25) is 0 Å². The van der Waals surface area contributed by atoms with Crippen LogP contribution in [0, 0.1) is 5.82 Å². The summed E-state index contributed by atoms with van der Waals surface area (Å²) in [5.41, 5.74) is 6.78. The number of nitrogens with one attached hydrogen (secondary N) is 1. The number of ether oxygens (including phenoxy) is 1. The highest BCUT2D eigenvalue weighted by Crippen LogP contribution is 2.17. The summed E-state index contributed by atoms with van der Waals surface area (Å²) in [6.07, 6.45) is 1.99. The number of hydrogen-bond acceptors (Lipinski definition) is 4. The molecule has 1 unspecified atom stereocenters. The predicted molar refractivity (Wildman–Crippen MR) is 104 cm³/mol. The van der Waals surface area contributed by atoms with E-state index in [0.29, 0.717) is 18.8 Å². The first kappa shape index (κ1) is 20.0. The van der Waals surface area contributed by atoms with Gasteiger partial charge in [0.2, 0.25) is 5.91 Å². The average molecular weight is 385 g/mol. The molecule has 7 heteroatoms. The summed E-state index contributed by atoms with van der Waals surface area (Å²) in [4.78, 5) is 26.1. The maximum atomic E-state index is 13.5. The van der Waals surface area contributed by atoms with Crippen LogP contribution in [0.4, 0.5) is 10.1 Å². The summed E-state index contributed by atoms with van der Waals surface area (Å²) >= 11 is 0. The maximum Gasteiger partial charge on any atom is 0.250 e. The Bertz CT molecular complexity index is 837. The second-order valence-corrected chi connectivity index (χ2v) is 6.89. The molecule has 2 aromatic rings. The number of carbonyl (C=O) groups is 2. The first-order valence-corrected chi connectivity index (χ1v) is 9.28. The van der Waals surface area contributed by atoms with Crippen LogP contribution in [0.5, 0.6) is 0 Å². The number of benzene rings is 2. The quantitative estimate of drug-likeness (QED) is 0.731. The molecule has 0 saturated carbocycles. The van der Waals surface area contributed by atoms with Crippen molar-refractivity contribution in [3.63, 3.8) is 0 Å².